The van der Waals surface area contributed by atoms with Gasteiger partial charge in [-0.25, -0.2) is 4.98 Å². The summed E-state index contributed by atoms with van der Waals surface area (Å²) in [6, 6.07) is 9.46. The summed E-state index contributed by atoms with van der Waals surface area (Å²) < 4.78 is 0. The summed E-state index contributed by atoms with van der Waals surface area (Å²) in [5, 5.41) is 9.26. The fourth-order valence-electron chi connectivity index (χ4n) is 2.24. The van der Waals surface area contributed by atoms with E-state index in [2.05, 4.69) is 25.9 Å². The van der Waals surface area contributed by atoms with Gasteiger partial charge in [-0.15, -0.1) is 0 Å². The first-order chi connectivity index (χ1) is 11.5. The molecule has 0 spiro atoms. The molecule has 0 bridgehead atoms. The molecule has 2 rings (SSSR count). The van der Waals surface area contributed by atoms with Crippen molar-refractivity contribution in [3.05, 3.63) is 36.0 Å². The third-order valence-electron chi connectivity index (χ3n) is 3.22. The summed E-state index contributed by atoms with van der Waals surface area (Å²) in [5.41, 5.74) is 2.58. The van der Waals surface area contributed by atoms with Gasteiger partial charge < -0.3 is 16.0 Å². The van der Waals surface area contributed by atoms with Crippen molar-refractivity contribution in [1.82, 2.24) is 9.97 Å². The van der Waals surface area contributed by atoms with E-state index in [0.717, 1.165) is 29.4 Å². The number of benzene rings is 1. The highest BCUT2D eigenvalue weighted by molar-refractivity contribution is 5.91. The van der Waals surface area contributed by atoms with Crippen LogP contribution in [0.1, 0.15) is 32.9 Å². The van der Waals surface area contributed by atoms with Crippen LogP contribution in [0.2, 0.25) is 0 Å². The smallest absolute Gasteiger partial charge is 0.224 e. The zero-order valence-corrected chi connectivity index (χ0v) is 14.7. The monoisotopic (exact) mass is 327 g/mol. The van der Waals surface area contributed by atoms with Crippen LogP contribution in [0.5, 0.6) is 0 Å². The molecule has 0 aliphatic rings. The molecule has 0 unspecified atom stereocenters. The average Bonchev–Trinajstić information content (AvgIpc) is 2.48. The summed E-state index contributed by atoms with van der Waals surface area (Å²) in [4.78, 5) is 20.5. The first-order valence-corrected chi connectivity index (χ1v) is 8.22. The first-order valence-electron chi connectivity index (χ1n) is 8.22. The van der Waals surface area contributed by atoms with Gasteiger partial charge >= 0.3 is 0 Å². The van der Waals surface area contributed by atoms with Crippen molar-refractivity contribution in [3.63, 3.8) is 0 Å². The highest BCUT2D eigenvalue weighted by Crippen LogP contribution is 2.19. The van der Waals surface area contributed by atoms with Crippen LogP contribution in [-0.4, -0.2) is 22.4 Å². The van der Waals surface area contributed by atoms with Crippen LogP contribution in [0, 0.1) is 12.8 Å². The van der Waals surface area contributed by atoms with Gasteiger partial charge in [0, 0.05) is 36.1 Å². The molecular formula is C18H25N5O. The maximum absolute atomic E-state index is 11.8. The number of aromatic nitrogens is 2. The van der Waals surface area contributed by atoms with Crippen LogP contribution in [0.15, 0.2) is 30.3 Å². The van der Waals surface area contributed by atoms with E-state index in [9.17, 15) is 4.79 Å². The molecule has 1 heterocycles. The Balaban J connectivity index is 2.02. The van der Waals surface area contributed by atoms with Crippen LogP contribution in [0.3, 0.4) is 0 Å². The van der Waals surface area contributed by atoms with Crippen molar-refractivity contribution in [3.8, 4) is 0 Å². The van der Waals surface area contributed by atoms with Gasteiger partial charge in [-0.3, -0.25) is 4.79 Å². The quantitative estimate of drug-likeness (QED) is 0.718. The highest BCUT2D eigenvalue weighted by Gasteiger charge is 2.06. The van der Waals surface area contributed by atoms with Crippen molar-refractivity contribution in [1.29, 1.82) is 0 Å². The van der Waals surface area contributed by atoms with Crippen molar-refractivity contribution >= 4 is 29.0 Å². The topological polar surface area (TPSA) is 78.9 Å². The minimum absolute atomic E-state index is 0.0346. The molecule has 1 aromatic carbocycles. The van der Waals surface area contributed by atoms with E-state index in [-0.39, 0.29) is 5.91 Å². The summed E-state index contributed by atoms with van der Waals surface area (Å²) in [7, 11) is 0. The third-order valence-corrected chi connectivity index (χ3v) is 3.22. The lowest BCUT2D eigenvalue weighted by atomic mass is 10.1. The van der Waals surface area contributed by atoms with Crippen LogP contribution < -0.4 is 16.0 Å². The number of nitrogens with one attached hydrogen (secondary N) is 3. The number of carbonyl (C=O) groups excluding carboxylic acids is 1. The molecule has 2 aromatic rings. The summed E-state index contributed by atoms with van der Waals surface area (Å²) >= 11 is 0. The molecule has 0 saturated carbocycles. The van der Waals surface area contributed by atoms with Crippen molar-refractivity contribution in [2.45, 2.75) is 34.1 Å². The number of carbonyl (C=O) groups is 1. The fourth-order valence-corrected chi connectivity index (χ4v) is 2.24. The van der Waals surface area contributed by atoms with Gasteiger partial charge in [0.15, 0.2) is 0 Å². The Labute approximate surface area is 143 Å². The molecule has 0 saturated heterocycles. The Morgan fingerprint density at radius 3 is 2.42 bits per heavy atom. The highest BCUT2D eigenvalue weighted by atomic mass is 16.1. The van der Waals surface area contributed by atoms with Gasteiger partial charge in [0.1, 0.15) is 5.82 Å². The second-order valence-electron chi connectivity index (χ2n) is 6.10. The van der Waals surface area contributed by atoms with E-state index in [0.29, 0.717) is 18.3 Å². The van der Waals surface area contributed by atoms with E-state index in [1.807, 2.05) is 58.0 Å². The molecule has 1 amide bonds. The molecule has 1 aromatic heterocycles. The Hall–Kier alpha value is -2.63. The van der Waals surface area contributed by atoms with Crippen molar-refractivity contribution in [2.75, 3.05) is 22.5 Å². The second kappa shape index (κ2) is 8.29. The predicted molar refractivity (Wildman–Crippen MR) is 98.7 cm³/mol. The molecule has 0 atom stereocenters. The average molecular weight is 327 g/mol. The van der Waals surface area contributed by atoms with Crippen molar-refractivity contribution < 1.29 is 4.79 Å². The predicted octanol–water partition coefficient (Wildman–Crippen LogP) is 3.95. The Bertz CT molecular complexity index is 682. The third kappa shape index (κ3) is 5.53. The SMILES string of the molecule is CCNc1nc(C)cc(Nc2ccc(NC(=O)CC(C)C)cc2)n1. The van der Waals surface area contributed by atoms with Gasteiger partial charge in [-0.1, -0.05) is 13.8 Å². The fraction of sp³-hybridized carbons (Fsp3) is 0.389. The Morgan fingerprint density at radius 2 is 1.79 bits per heavy atom. The van der Waals surface area contributed by atoms with Crippen LogP contribution >= 0.6 is 0 Å². The largest absolute Gasteiger partial charge is 0.354 e. The lowest BCUT2D eigenvalue weighted by Gasteiger charge is -2.10. The minimum atomic E-state index is 0.0346. The van der Waals surface area contributed by atoms with E-state index >= 15 is 0 Å². The summed E-state index contributed by atoms with van der Waals surface area (Å²) in [5.74, 6) is 1.72. The number of hydrogen-bond acceptors (Lipinski definition) is 5. The molecule has 3 N–H and O–H groups in total. The summed E-state index contributed by atoms with van der Waals surface area (Å²) in [6.45, 7) is 8.76. The molecular weight excluding hydrogens is 302 g/mol. The lowest BCUT2D eigenvalue weighted by Crippen LogP contribution is -2.13. The van der Waals surface area contributed by atoms with Gasteiger partial charge in [0.05, 0.1) is 0 Å². The van der Waals surface area contributed by atoms with Gasteiger partial charge in [-0.2, -0.15) is 4.98 Å². The molecule has 0 aliphatic carbocycles. The standard InChI is InChI=1S/C18H25N5O/c1-5-19-18-20-13(4)11-16(23-18)21-14-6-8-15(9-7-14)22-17(24)10-12(2)3/h6-9,11-12H,5,10H2,1-4H3,(H,22,24)(H2,19,20,21,23). The number of amides is 1. The van der Waals surface area contributed by atoms with E-state index in [4.69, 9.17) is 0 Å². The van der Waals surface area contributed by atoms with E-state index in [1.165, 1.54) is 0 Å². The van der Waals surface area contributed by atoms with E-state index < -0.39 is 0 Å². The molecule has 0 aliphatic heterocycles. The molecule has 6 heteroatoms. The lowest BCUT2D eigenvalue weighted by molar-refractivity contribution is -0.116. The van der Waals surface area contributed by atoms with Crippen LogP contribution in [0.4, 0.5) is 23.1 Å². The van der Waals surface area contributed by atoms with Gasteiger partial charge in [-0.05, 0) is 44.0 Å². The summed E-state index contributed by atoms with van der Waals surface area (Å²) in [6.07, 6.45) is 0.521. The number of rotatable bonds is 7. The molecule has 6 nitrogen and oxygen atoms in total. The molecule has 0 fully saturated rings. The minimum Gasteiger partial charge on any atom is -0.354 e. The van der Waals surface area contributed by atoms with Crippen molar-refractivity contribution in [2.24, 2.45) is 5.92 Å². The first kappa shape index (κ1) is 17.7. The zero-order valence-electron chi connectivity index (χ0n) is 14.7. The number of anilines is 4. The molecule has 24 heavy (non-hydrogen) atoms. The number of aryl methyl sites for hydroxylation is 1. The zero-order chi connectivity index (χ0) is 17.5. The van der Waals surface area contributed by atoms with Gasteiger partial charge in [0.2, 0.25) is 11.9 Å². The Morgan fingerprint density at radius 1 is 1.12 bits per heavy atom. The molecule has 128 valence electrons. The van der Waals surface area contributed by atoms with Gasteiger partial charge in [0.25, 0.3) is 0 Å². The maximum atomic E-state index is 11.8. The molecule has 0 radical (unpaired) electrons. The number of nitrogens with zero attached hydrogens (tertiary/aromatic N) is 2. The number of hydrogen-bond donors (Lipinski definition) is 3. The normalized spacial score (nSPS) is 10.5. The second-order valence-corrected chi connectivity index (χ2v) is 6.10. The maximum Gasteiger partial charge on any atom is 0.224 e. The van der Waals surface area contributed by atoms with E-state index in [1.54, 1.807) is 0 Å². The van der Waals surface area contributed by atoms with Crippen LogP contribution in [-0.2, 0) is 4.79 Å². The van der Waals surface area contributed by atoms with Crippen LogP contribution in [0.25, 0.3) is 0 Å². The Kier molecular flexibility index (Phi) is 6.12.